The molecule has 2 aliphatic carbocycles. The fourth-order valence-corrected chi connectivity index (χ4v) is 6.88. The molecule has 1 saturated carbocycles. The molecule has 0 radical (unpaired) electrons. The van der Waals surface area contributed by atoms with Gasteiger partial charge in [-0.3, -0.25) is 4.90 Å². The van der Waals surface area contributed by atoms with E-state index in [1.54, 1.807) is 7.11 Å². The number of aliphatic hydroxyl groups is 1. The number of nitrogens with zero attached hydrogens (tertiary/aromatic N) is 1. The number of benzene rings is 1. The first-order valence-electron chi connectivity index (χ1n) is 10.2. The number of likely N-dealkylation sites (tertiary alicyclic amines) is 1. The van der Waals surface area contributed by atoms with Gasteiger partial charge in [-0.2, -0.15) is 0 Å². The van der Waals surface area contributed by atoms with E-state index in [9.17, 15) is 5.11 Å². The molecule has 3 fully saturated rings. The van der Waals surface area contributed by atoms with Gasteiger partial charge in [0.15, 0.2) is 17.6 Å². The van der Waals surface area contributed by atoms with Crippen LogP contribution >= 0.6 is 0 Å². The van der Waals surface area contributed by atoms with Gasteiger partial charge in [-0.25, -0.2) is 0 Å². The summed E-state index contributed by atoms with van der Waals surface area (Å²) in [5, 5.41) is 12.2. The fourth-order valence-electron chi connectivity index (χ4n) is 6.88. The molecule has 6 rings (SSSR count). The Kier molecular flexibility index (Phi) is 3.18. The summed E-state index contributed by atoms with van der Waals surface area (Å²) in [6, 6.07) is 4.27. The Bertz CT molecular complexity index is 806. The molecule has 146 valence electrons. The quantitative estimate of drug-likeness (QED) is 0.850. The van der Waals surface area contributed by atoms with E-state index in [0.717, 1.165) is 43.0 Å². The van der Waals surface area contributed by atoms with Crippen LogP contribution in [0.2, 0.25) is 0 Å². The minimum absolute atomic E-state index is 0.105. The molecule has 0 amide bonds. The van der Waals surface area contributed by atoms with Crippen molar-refractivity contribution in [1.29, 1.82) is 0 Å². The molecule has 4 atom stereocenters. The number of fused-ring (bicyclic) bond motifs is 1. The van der Waals surface area contributed by atoms with Crippen LogP contribution in [0.4, 0.5) is 0 Å². The SMILES string of the molecule is CCN1CC[C@]23c4c5ccc(OC)c4O[C@H]2C2(CC[C@@]3(O)[C@H]1C5)OCCO2. The zero-order chi connectivity index (χ0) is 18.4. The molecule has 6 heteroatoms. The summed E-state index contributed by atoms with van der Waals surface area (Å²) in [5.41, 5.74) is 1.09. The number of likely N-dealkylation sites (N-methyl/N-ethyl adjacent to an activating group) is 1. The van der Waals surface area contributed by atoms with Gasteiger partial charge < -0.3 is 24.1 Å². The zero-order valence-corrected chi connectivity index (χ0v) is 16.0. The van der Waals surface area contributed by atoms with E-state index < -0.39 is 16.8 Å². The van der Waals surface area contributed by atoms with Crippen LogP contribution in [0.25, 0.3) is 0 Å². The molecule has 27 heavy (non-hydrogen) atoms. The maximum atomic E-state index is 12.2. The molecule has 6 nitrogen and oxygen atoms in total. The second-order valence-electron chi connectivity index (χ2n) is 8.63. The molecular weight excluding hydrogens is 346 g/mol. The molecule has 1 aromatic carbocycles. The first-order chi connectivity index (χ1) is 13.1. The van der Waals surface area contributed by atoms with E-state index in [1.165, 1.54) is 5.56 Å². The number of piperidine rings is 1. The number of methoxy groups -OCH3 is 1. The molecule has 1 N–H and O–H groups in total. The maximum Gasteiger partial charge on any atom is 0.207 e. The highest BCUT2D eigenvalue weighted by Crippen LogP contribution is 2.68. The number of hydrogen-bond donors (Lipinski definition) is 1. The predicted octanol–water partition coefficient (Wildman–Crippen LogP) is 1.61. The third-order valence-corrected chi connectivity index (χ3v) is 7.96. The Balaban J connectivity index is 1.64. The topological polar surface area (TPSA) is 60.4 Å². The van der Waals surface area contributed by atoms with Crippen LogP contribution in [0.1, 0.15) is 37.3 Å². The average Bonchev–Trinajstić information content (AvgIpc) is 3.28. The third kappa shape index (κ3) is 1.69. The number of ether oxygens (including phenoxy) is 4. The fraction of sp³-hybridized carbons (Fsp3) is 0.714. The molecule has 3 aliphatic heterocycles. The number of hydrogen-bond acceptors (Lipinski definition) is 6. The van der Waals surface area contributed by atoms with E-state index in [4.69, 9.17) is 18.9 Å². The van der Waals surface area contributed by atoms with Gasteiger partial charge in [-0.15, -0.1) is 0 Å². The molecule has 5 aliphatic rings. The molecular formula is C21H27NO5. The zero-order valence-electron chi connectivity index (χ0n) is 16.0. The van der Waals surface area contributed by atoms with E-state index in [-0.39, 0.29) is 12.1 Å². The van der Waals surface area contributed by atoms with Crippen molar-refractivity contribution in [3.8, 4) is 11.5 Å². The van der Waals surface area contributed by atoms with E-state index in [1.807, 2.05) is 6.07 Å². The summed E-state index contributed by atoms with van der Waals surface area (Å²) in [7, 11) is 1.68. The van der Waals surface area contributed by atoms with Crippen molar-refractivity contribution in [2.45, 2.75) is 61.6 Å². The lowest BCUT2D eigenvalue weighted by Gasteiger charge is -2.65. The highest BCUT2D eigenvalue weighted by molar-refractivity contribution is 5.63. The van der Waals surface area contributed by atoms with Crippen molar-refractivity contribution in [1.82, 2.24) is 4.90 Å². The third-order valence-electron chi connectivity index (χ3n) is 7.96. The van der Waals surface area contributed by atoms with Crippen LogP contribution in [0.15, 0.2) is 12.1 Å². The minimum atomic E-state index is -0.836. The van der Waals surface area contributed by atoms with Crippen molar-refractivity contribution >= 4 is 0 Å². The summed E-state index contributed by atoms with van der Waals surface area (Å²) in [4.78, 5) is 2.45. The highest BCUT2D eigenvalue weighted by atomic mass is 16.8. The summed E-state index contributed by atoms with van der Waals surface area (Å²) >= 11 is 0. The summed E-state index contributed by atoms with van der Waals surface area (Å²) in [6.07, 6.45) is 2.70. The second kappa shape index (κ2) is 5.17. The van der Waals surface area contributed by atoms with Crippen LogP contribution in [0, 0.1) is 0 Å². The van der Waals surface area contributed by atoms with Crippen molar-refractivity contribution in [2.24, 2.45) is 0 Å². The van der Waals surface area contributed by atoms with Crippen LogP contribution in [-0.4, -0.2) is 67.0 Å². The standard InChI is InChI=1S/C21H27NO5/c1-3-22-9-8-19-16-13-4-5-14(24-2)17(16)27-18(19)21(25-10-11-26-21)7-6-20(19,23)15(22)12-13/h4-5,15,18,23H,3,6-12H2,1-2H3/t15-,18-,19+,20-/m1/s1. The molecule has 2 bridgehead atoms. The Morgan fingerprint density at radius 1 is 1.22 bits per heavy atom. The Morgan fingerprint density at radius 2 is 2.04 bits per heavy atom. The summed E-state index contributed by atoms with van der Waals surface area (Å²) in [6.45, 7) is 5.26. The van der Waals surface area contributed by atoms with Crippen molar-refractivity contribution < 1.29 is 24.1 Å². The Hall–Kier alpha value is -1.34. The predicted molar refractivity (Wildman–Crippen MR) is 97.3 cm³/mol. The van der Waals surface area contributed by atoms with Crippen LogP contribution in [0.3, 0.4) is 0 Å². The lowest BCUT2D eigenvalue weighted by atomic mass is 9.48. The molecule has 2 saturated heterocycles. The van der Waals surface area contributed by atoms with E-state index >= 15 is 0 Å². The maximum absolute atomic E-state index is 12.2. The van der Waals surface area contributed by atoms with Crippen LogP contribution in [0.5, 0.6) is 11.5 Å². The molecule has 0 aromatic heterocycles. The Morgan fingerprint density at radius 3 is 2.78 bits per heavy atom. The van der Waals surface area contributed by atoms with Gasteiger partial charge in [-0.05, 0) is 44.0 Å². The van der Waals surface area contributed by atoms with Crippen molar-refractivity contribution in [2.75, 3.05) is 33.4 Å². The lowest BCUT2D eigenvalue weighted by molar-refractivity contribution is -0.296. The monoisotopic (exact) mass is 373 g/mol. The number of rotatable bonds is 2. The van der Waals surface area contributed by atoms with Crippen LogP contribution < -0.4 is 9.47 Å². The minimum Gasteiger partial charge on any atom is -0.493 e. The summed E-state index contributed by atoms with van der Waals surface area (Å²) in [5.74, 6) is 0.774. The summed E-state index contributed by atoms with van der Waals surface area (Å²) < 4.78 is 24.6. The van der Waals surface area contributed by atoms with Crippen molar-refractivity contribution in [3.63, 3.8) is 0 Å². The van der Waals surface area contributed by atoms with Gasteiger partial charge in [-0.1, -0.05) is 13.0 Å². The van der Waals surface area contributed by atoms with Gasteiger partial charge in [0.2, 0.25) is 5.79 Å². The molecule has 2 spiro atoms. The van der Waals surface area contributed by atoms with Gasteiger partial charge in [0.25, 0.3) is 0 Å². The Labute approximate surface area is 159 Å². The molecule has 1 aromatic rings. The first-order valence-corrected chi connectivity index (χ1v) is 10.2. The molecule has 3 heterocycles. The second-order valence-corrected chi connectivity index (χ2v) is 8.63. The largest absolute Gasteiger partial charge is 0.493 e. The normalized spacial score (nSPS) is 40.7. The van der Waals surface area contributed by atoms with Gasteiger partial charge in [0.1, 0.15) is 0 Å². The smallest absolute Gasteiger partial charge is 0.207 e. The highest BCUT2D eigenvalue weighted by Gasteiger charge is 2.77. The van der Waals surface area contributed by atoms with Gasteiger partial charge >= 0.3 is 0 Å². The first kappa shape index (κ1) is 16.6. The van der Waals surface area contributed by atoms with Gasteiger partial charge in [0, 0.05) is 18.0 Å². The molecule has 0 unspecified atom stereocenters. The van der Waals surface area contributed by atoms with E-state index in [2.05, 4.69) is 17.9 Å². The van der Waals surface area contributed by atoms with Gasteiger partial charge in [0.05, 0.1) is 31.3 Å². The average molecular weight is 373 g/mol. The van der Waals surface area contributed by atoms with Crippen LogP contribution in [-0.2, 0) is 21.3 Å². The lowest BCUT2D eigenvalue weighted by Crippen LogP contribution is -2.79. The van der Waals surface area contributed by atoms with Crippen molar-refractivity contribution in [3.05, 3.63) is 23.3 Å². The van der Waals surface area contributed by atoms with E-state index in [0.29, 0.717) is 26.1 Å².